The minimum absolute atomic E-state index is 0.211. The predicted octanol–water partition coefficient (Wildman–Crippen LogP) is 2.10. The molecule has 3 N–H and O–H groups in total. The maximum atomic E-state index is 13.0. The van der Waals surface area contributed by atoms with Gasteiger partial charge in [-0.25, -0.2) is 17.9 Å². The Morgan fingerprint density at radius 2 is 1.77 bits per heavy atom. The van der Waals surface area contributed by atoms with E-state index >= 15 is 0 Å². The molecule has 0 atom stereocenters. The molecular weight excluding hydrogens is 305 g/mol. The highest BCUT2D eigenvalue weighted by Gasteiger charge is 2.06. The summed E-state index contributed by atoms with van der Waals surface area (Å²) in [5.41, 5.74) is 2.26. The molecule has 2 aromatic rings. The van der Waals surface area contributed by atoms with Gasteiger partial charge in [0.2, 0.25) is 10.0 Å². The smallest absolute Gasteiger partial charge is 0.213 e. The van der Waals surface area contributed by atoms with Crippen LogP contribution >= 0.6 is 0 Å². The summed E-state index contributed by atoms with van der Waals surface area (Å²) in [7, 11) is -3.55. The van der Waals surface area contributed by atoms with E-state index in [9.17, 15) is 12.8 Å². The van der Waals surface area contributed by atoms with Crippen molar-refractivity contribution < 1.29 is 12.8 Å². The van der Waals surface area contributed by atoms with Gasteiger partial charge in [-0.15, -0.1) is 0 Å². The highest BCUT2D eigenvalue weighted by atomic mass is 32.2. The van der Waals surface area contributed by atoms with Crippen molar-refractivity contribution in [3.8, 4) is 6.07 Å². The third-order valence-corrected chi connectivity index (χ3v) is 3.71. The Hall–Kier alpha value is -2.43. The maximum Gasteiger partial charge on any atom is 0.213 e. The summed E-state index contributed by atoms with van der Waals surface area (Å²) in [6, 6.07) is 12.8. The Kier molecular flexibility index (Phi) is 4.75. The Morgan fingerprint density at radius 3 is 2.36 bits per heavy atom. The van der Waals surface area contributed by atoms with Crippen LogP contribution in [0.2, 0.25) is 0 Å². The molecule has 0 aliphatic rings. The van der Waals surface area contributed by atoms with E-state index in [1.165, 1.54) is 12.1 Å². The fourth-order valence-corrected chi connectivity index (χ4v) is 2.60. The van der Waals surface area contributed by atoms with Gasteiger partial charge in [-0.1, -0.05) is 24.3 Å². The van der Waals surface area contributed by atoms with Crippen molar-refractivity contribution in [3.63, 3.8) is 0 Å². The van der Waals surface area contributed by atoms with E-state index in [-0.39, 0.29) is 11.3 Å². The monoisotopic (exact) mass is 319 g/mol. The molecule has 0 spiro atoms. The standard InChI is InChI=1S/C15H14FN3O2S/c16-14-5-6-15(13(7-14)8-17)19-9-11-1-3-12(4-2-11)10-22(18,20)21/h1-7,19H,9-10H2,(H2,18,20,21). The Morgan fingerprint density at radius 1 is 1.14 bits per heavy atom. The number of nitrogens with zero attached hydrogens (tertiary/aromatic N) is 1. The number of nitrogens with one attached hydrogen (secondary N) is 1. The Labute approximate surface area is 128 Å². The normalized spacial score (nSPS) is 11.0. The van der Waals surface area contributed by atoms with Crippen LogP contribution < -0.4 is 10.5 Å². The number of halogens is 1. The highest BCUT2D eigenvalue weighted by molar-refractivity contribution is 7.88. The van der Waals surface area contributed by atoms with Gasteiger partial charge in [-0.3, -0.25) is 0 Å². The maximum absolute atomic E-state index is 13.0. The van der Waals surface area contributed by atoms with Crippen LogP contribution in [0.3, 0.4) is 0 Å². The number of sulfonamides is 1. The van der Waals surface area contributed by atoms with Crippen molar-refractivity contribution in [1.29, 1.82) is 5.26 Å². The second kappa shape index (κ2) is 6.56. The molecule has 0 aliphatic heterocycles. The van der Waals surface area contributed by atoms with Crippen molar-refractivity contribution in [2.45, 2.75) is 12.3 Å². The van der Waals surface area contributed by atoms with Gasteiger partial charge in [0.15, 0.2) is 0 Å². The van der Waals surface area contributed by atoms with E-state index in [1.54, 1.807) is 24.3 Å². The lowest BCUT2D eigenvalue weighted by Crippen LogP contribution is -2.14. The summed E-state index contributed by atoms with van der Waals surface area (Å²) in [4.78, 5) is 0. The zero-order chi connectivity index (χ0) is 16.2. The van der Waals surface area contributed by atoms with Crippen LogP contribution in [0.5, 0.6) is 0 Å². The lowest BCUT2D eigenvalue weighted by atomic mass is 10.1. The lowest BCUT2D eigenvalue weighted by molar-refractivity contribution is 0.597. The topological polar surface area (TPSA) is 96.0 Å². The van der Waals surface area contributed by atoms with Gasteiger partial charge in [-0.05, 0) is 29.3 Å². The molecule has 0 aromatic heterocycles. The first kappa shape index (κ1) is 15.9. The van der Waals surface area contributed by atoms with Gasteiger partial charge >= 0.3 is 0 Å². The third kappa shape index (κ3) is 4.55. The summed E-state index contributed by atoms with van der Waals surface area (Å²) in [5, 5.41) is 17.0. The molecule has 0 aliphatic carbocycles. The van der Waals surface area contributed by atoms with E-state index in [0.29, 0.717) is 17.8 Å². The molecular formula is C15H14FN3O2S. The summed E-state index contributed by atoms with van der Waals surface area (Å²) in [6.07, 6.45) is 0. The molecule has 0 unspecified atom stereocenters. The van der Waals surface area contributed by atoms with Crippen LogP contribution in [0.15, 0.2) is 42.5 Å². The molecule has 5 nitrogen and oxygen atoms in total. The van der Waals surface area contributed by atoms with Crippen molar-refractivity contribution >= 4 is 15.7 Å². The Bertz CT molecular complexity index is 812. The highest BCUT2D eigenvalue weighted by Crippen LogP contribution is 2.17. The molecule has 0 saturated heterocycles. The largest absolute Gasteiger partial charge is 0.380 e. The first-order chi connectivity index (χ1) is 10.4. The predicted molar refractivity (Wildman–Crippen MR) is 81.7 cm³/mol. The van der Waals surface area contributed by atoms with E-state index < -0.39 is 15.8 Å². The fourth-order valence-electron chi connectivity index (χ4n) is 1.95. The molecule has 7 heteroatoms. The zero-order valence-corrected chi connectivity index (χ0v) is 12.4. The van der Waals surface area contributed by atoms with Crippen LogP contribution in [0.1, 0.15) is 16.7 Å². The van der Waals surface area contributed by atoms with Crippen molar-refractivity contribution in [1.82, 2.24) is 0 Å². The van der Waals surface area contributed by atoms with Gasteiger partial charge in [0.05, 0.1) is 17.0 Å². The van der Waals surface area contributed by atoms with Crippen LogP contribution in [-0.2, 0) is 22.3 Å². The average Bonchev–Trinajstić information content (AvgIpc) is 2.45. The minimum Gasteiger partial charge on any atom is -0.380 e. The molecule has 2 rings (SSSR count). The number of hydrogen-bond acceptors (Lipinski definition) is 4. The van der Waals surface area contributed by atoms with Crippen molar-refractivity contribution in [2.24, 2.45) is 5.14 Å². The van der Waals surface area contributed by atoms with E-state index in [0.717, 1.165) is 11.6 Å². The number of benzene rings is 2. The molecule has 0 radical (unpaired) electrons. The minimum atomic E-state index is -3.55. The number of anilines is 1. The Balaban J connectivity index is 2.05. The molecule has 0 bridgehead atoms. The SMILES string of the molecule is N#Cc1cc(F)ccc1NCc1ccc(CS(N)(=O)=O)cc1. The summed E-state index contributed by atoms with van der Waals surface area (Å²) < 4.78 is 35.0. The van der Waals surface area contributed by atoms with Gasteiger partial charge in [0, 0.05) is 6.54 Å². The van der Waals surface area contributed by atoms with Gasteiger partial charge in [0.1, 0.15) is 11.9 Å². The molecule has 0 fully saturated rings. The quantitative estimate of drug-likeness (QED) is 0.882. The van der Waals surface area contributed by atoms with Crippen LogP contribution in [0, 0.1) is 17.1 Å². The van der Waals surface area contributed by atoms with E-state index in [2.05, 4.69) is 5.32 Å². The van der Waals surface area contributed by atoms with Crippen LogP contribution in [-0.4, -0.2) is 8.42 Å². The summed E-state index contributed by atoms with van der Waals surface area (Å²) in [5.74, 6) is -0.675. The molecule has 0 amide bonds. The lowest BCUT2D eigenvalue weighted by Gasteiger charge is -2.09. The number of nitrogens with two attached hydrogens (primary N) is 1. The third-order valence-electron chi connectivity index (χ3n) is 2.98. The number of hydrogen-bond donors (Lipinski definition) is 2. The number of rotatable bonds is 5. The first-order valence-corrected chi connectivity index (χ1v) is 8.11. The second-order valence-electron chi connectivity index (χ2n) is 4.78. The van der Waals surface area contributed by atoms with E-state index in [1.807, 2.05) is 6.07 Å². The molecule has 2 aromatic carbocycles. The fraction of sp³-hybridized carbons (Fsp3) is 0.133. The van der Waals surface area contributed by atoms with Gasteiger partial charge in [0.25, 0.3) is 0 Å². The summed E-state index contributed by atoms with van der Waals surface area (Å²) in [6.45, 7) is 0.427. The summed E-state index contributed by atoms with van der Waals surface area (Å²) >= 11 is 0. The van der Waals surface area contributed by atoms with Crippen molar-refractivity contribution in [3.05, 3.63) is 65.0 Å². The first-order valence-electron chi connectivity index (χ1n) is 6.39. The molecule has 114 valence electrons. The zero-order valence-electron chi connectivity index (χ0n) is 11.6. The van der Waals surface area contributed by atoms with E-state index in [4.69, 9.17) is 10.4 Å². The molecule has 0 heterocycles. The second-order valence-corrected chi connectivity index (χ2v) is 6.39. The molecule has 0 saturated carbocycles. The average molecular weight is 319 g/mol. The molecule has 22 heavy (non-hydrogen) atoms. The number of primary sulfonamides is 1. The van der Waals surface area contributed by atoms with Gasteiger partial charge in [-0.2, -0.15) is 5.26 Å². The van der Waals surface area contributed by atoms with Crippen LogP contribution in [0.25, 0.3) is 0 Å². The van der Waals surface area contributed by atoms with Crippen molar-refractivity contribution in [2.75, 3.05) is 5.32 Å². The van der Waals surface area contributed by atoms with Gasteiger partial charge < -0.3 is 5.32 Å². The number of nitriles is 1. The van der Waals surface area contributed by atoms with Crippen LogP contribution in [0.4, 0.5) is 10.1 Å².